The number of rotatable bonds is 4. The summed E-state index contributed by atoms with van der Waals surface area (Å²) in [5, 5.41) is 0.0967. The molecule has 2 heteroatoms. The summed E-state index contributed by atoms with van der Waals surface area (Å²) in [5.74, 6) is 0.679. The van der Waals surface area contributed by atoms with Crippen LogP contribution < -0.4 is 0 Å². The molecule has 1 saturated carbocycles. The number of hydrogen-bond acceptors (Lipinski definition) is 0. The van der Waals surface area contributed by atoms with E-state index in [9.17, 15) is 4.39 Å². The summed E-state index contributed by atoms with van der Waals surface area (Å²) in [4.78, 5) is 0. The first-order valence-electron chi connectivity index (χ1n) is 5.13. The Morgan fingerprint density at radius 1 is 1.36 bits per heavy atom. The molecule has 0 spiro atoms. The van der Waals surface area contributed by atoms with Crippen LogP contribution >= 0.6 is 11.6 Å². The van der Waals surface area contributed by atoms with Crippen LogP contribution in [0.3, 0.4) is 0 Å². The Hall–Kier alpha value is -0.560. The molecule has 76 valence electrons. The second-order valence-electron chi connectivity index (χ2n) is 4.07. The van der Waals surface area contributed by atoms with Crippen molar-refractivity contribution >= 4 is 11.6 Å². The van der Waals surface area contributed by atoms with Crippen LogP contribution in [0.25, 0.3) is 0 Å². The standard InChI is InChI=1S/C12H14ClF/c13-11(7-9-5-6-9)8-10-3-1-2-4-12(10)14/h1-4,9,11H,5-8H2. The molecule has 0 aromatic heterocycles. The maximum absolute atomic E-state index is 13.2. The van der Waals surface area contributed by atoms with Crippen molar-refractivity contribution in [3.63, 3.8) is 0 Å². The molecule has 0 bridgehead atoms. The van der Waals surface area contributed by atoms with Crippen LogP contribution in [0.15, 0.2) is 24.3 Å². The zero-order valence-electron chi connectivity index (χ0n) is 8.05. The van der Waals surface area contributed by atoms with E-state index in [2.05, 4.69) is 0 Å². The molecule has 0 nitrogen and oxygen atoms in total. The topological polar surface area (TPSA) is 0 Å². The van der Waals surface area contributed by atoms with Gasteiger partial charge in [0.1, 0.15) is 5.82 Å². The molecule has 0 saturated heterocycles. The third kappa shape index (κ3) is 2.71. The van der Waals surface area contributed by atoms with Crippen molar-refractivity contribution in [1.29, 1.82) is 0 Å². The van der Waals surface area contributed by atoms with E-state index in [0.29, 0.717) is 6.42 Å². The van der Waals surface area contributed by atoms with Crippen molar-refractivity contribution < 1.29 is 4.39 Å². The third-order valence-electron chi connectivity index (χ3n) is 2.69. The van der Waals surface area contributed by atoms with Gasteiger partial charge in [-0.05, 0) is 30.4 Å². The lowest BCUT2D eigenvalue weighted by Crippen LogP contribution is -2.05. The van der Waals surface area contributed by atoms with Crippen LogP contribution in [0.2, 0.25) is 0 Å². The maximum atomic E-state index is 13.2. The fraction of sp³-hybridized carbons (Fsp3) is 0.500. The zero-order chi connectivity index (χ0) is 9.97. The van der Waals surface area contributed by atoms with Crippen LogP contribution in [0.5, 0.6) is 0 Å². The van der Waals surface area contributed by atoms with Crippen LogP contribution in [0, 0.1) is 11.7 Å². The molecule has 1 unspecified atom stereocenters. The molecule has 14 heavy (non-hydrogen) atoms. The van der Waals surface area contributed by atoms with Crippen LogP contribution in [0.1, 0.15) is 24.8 Å². The summed E-state index contributed by atoms with van der Waals surface area (Å²) in [6, 6.07) is 6.88. The highest BCUT2D eigenvalue weighted by Crippen LogP contribution is 2.35. The van der Waals surface area contributed by atoms with Gasteiger partial charge in [0.2, 0.25) is 0 Å². The lowest BCUT2D eigenvalue weighted by Gasteiger charge is -2.08. The number of hydrogen-bond donors (Lipinski definition) is 0. The SMILES string of the molecule is Fc1ccccc1CC(Cl)CC1CC1. The van der Waals surface area contributed by atoms with Crippen LogP contribution in [0.4, 0.5) is 4.39 Å². The van der Waals surface area contributed by atoms with Gasteiger partial charge in [0.25, 0.3) is 0 Å². The summed E-state index contributed by atoms with van der Waals surface area (Å²) in [7, 11) is 0. The molecule has 0 radical (unpaired) electrons. The summed E-state index contributed by atoms with van der Waals surface area (Å²) < 4.78 is 13.2. The van der Waals surface area contributed by atoms with Crippen molar-refractivity contribution in [3.8, 4) is 0 Å². The second kappa shape index (κ2) is 4.31. The van der Waals surface area contributed by atoms with Gasteiger partial charge in [-0.15, -0.1) is 11.6 Å². The molecule has 0 aliphatic heterocycles. The molecule has 0 heterocycles. The lowest BCUT2D eigenvalue weighted by atomic mass is 10.1. The number of benzene rings is 1. The Labute approximate surface area is 89.1 Å². The van der Waals surface area contributed by atoms with Crippen LogP contribution in [-0.4, -0.2) is 5.38 Å². The third-order valence-corrected chi connectivity index (χ3v) is 3.02. The van der Waals surface area contributed by atoms with Crippen molar-refractivity contribution in [2.75, 3.05) is 0 Å². The predicted molar refractivity (Wildman–Crippen MR) is 57.1 cm³/mol. The Bertz CT molecular complexity index is 307. The number of alkyl halides is 1. The van der Waals surface area contributed by atoms with E-state index in [1.807, 2.05) is 12.1 Å². The first kappa shape index (κ1) is 9.97. The van der Waals surface area contributed by atoms with Gasteiger partial charge in [0.15, 0.2) is 0 Å². The fourth-order valence-electron chi connectivity index (χ4n) is 1.70. The zero-order valence-corrected chi connectivity index (χ0v) is 8.80. The van der Waals surface area contributed by atoms with Gasteiger partial charge in [0, 0.05) is 5.38 Å². The maximum Gasteiger partial charge on any atom is 0.126 e. The van der Waals surface area contributed by atoms with Gasteiger partial charge in [-0.25, -0.2) is 4.39 Å². The monoisotopic (exact) mass is 212 g/mol. The van der Waals surface area contributed by atoms with E-state index < -0.39 is 0 Å². The number of halogens is 2. The second-order valence-corrected chi connectivity index (χ2v) is 4.69. The van der Waals surface area contributed by atoms with E-state index >= 15 is 0 Å². The Morgan fingerprint density at radius 3 is 2.71 bits per heavy atom. The largest absolute Gasteiger partial charge is 0.207 e. The van der Waals surface area contributed by atoms with E-state index in [1.54, 1.807) is 6.07 Å². The van der Waals surface area contributed by atoms with Gasteiger partial charge in [-0.3, -0.25) is 0 Å². The highest BCUT2D eigenvalue weighted by Gasteiger charge is 2.24. The molecular formula is C12H14ClF. The molecule has 0 amide bonds. The lowest BCUT2D eigenvalue weighted by molar-refractivity contribution is 0.594. The fourth-order valence-corrected chi connectivity index (χ4v) is 2.12. The van der Waals surface area contributed by atoms with Crippen molar-refractivity contribution in [2.45, 2.75) is 31.1 Å². The van der Waals surface area contributed by atoms with Crippen molar-refractivity contribution in [2.24, 2.45) is 5.92 Å². The summed E-state index contributed by atoms with van der Waals surface area (Å²) >= 11 is 6.16. The highest BCUT2D eigenvalue weighted by molar-refractivity contribution is 6.20. The van der Waals surface area contributed by atoms with Gasteiger partial charge < -0.3 is 0 Å². The molecule has 1 aromatic rings. The normalized spacial score (nSPS) is 18.1. The van der Waals surface area contributed by atoms with Gasteiger partial charge >= 0.3 is 0 Å². The van der Waals surface area contributed by atoms with E-state index in [0.717, 1.165) is 17.9 Å². The minimum atomic E-state index is -0.131. The average molecular weight is 213 g/mol. The minimum absolute atomic E-state index is 0.0967. The van der Waals surface area contributed by atoms with Gasteiger partial charge in [-0.2, -0.15) is 0 Å². The smallest absolute Gasteiger partial charge is 0.126 e. The Balaban J connectivity index is 1.91. The molecule has 1 aliphatic carbocycles. The summed E-state index contributed by atoms with van der Waals surface area (Å²) in [6.45, 7) is 0. The summed E-state index contributed by atoms with van der Waals surface area (Å²) in [5.41, 5.74) is 0.744. The van der Waals surface area contributed by atoms with Gasteiger partial charge in [0.05, 0.1) is 0 Å². The predicted octanol–water partition coefficient (Wildman–Crippen LogP) is 3.78. The Morgan fingerprint density at radius 2 is 2.07 bits per heavy atom. The van der Waals surface area contributed by atoms with E-state index in [4.69, 9.17) is 11.6 Å². The first-order valence-corrected chi connectivity index (χ1v) is 5.57. The molecule has 1 atom stereocenters. The molecule has 2 rings (SSSR count). The molecule has 1 aromatic carbocycles. The van der Waals surface area contributed by atoms with Crippen LogP contribution in [-0.2, 0) is 6.42 Å². The molecular weight excluding hydrogens is 199 g/mol. The summed E-state index contributed by atoms with van der Waals surface area (Å²) in [6.07, 6.45) is 4.31. The molecule has 0 N–H and O–H groups in total. The first-order chi connectivity index (χ1) is 6.75. The minimum Gasteiger partial charge on any atom is -0.207 e. The van der Waals surface area contributed by atoms with Crippen molar-refractivity contribution in [3.05, 3.63) is 35.6 Å². The van der Waals surface area contributed by atoms with E-state index in [1.165, 1.54) is 18.9 Å². The Kier molecular flexibility index (Phi) is 3.07. The van der Waals surface area contributed by atoms with Gasteiger partial charge in [-0.1, -0.05) is 31.0 Å². The van der Waals surface area contributed by atoms with E-state index in [-0.39, 0.29) is 11.2 Å². The molecule has 1 aliphatic rings. The quantitative estimate of drug-likeness (QED) is 0.667. The molecule has 1 fully saturated rings. The highest BCUT2D eigenvalue weighted by atomic mass is 35.5. The van der Waals surface area contributed by atoms with Crippen molar-refractivity contribution in [1.82, 2.24) is 0 Å². The average Bonchev–Trinajstić information content (AvgIpc) is 2.93.